The summed E-state index contributed by atoms with van der Waals surface area (Å²) in [6.45, 7) is 0. The molecule has 0 rings (SSSR count). The van der Waals surface area contributed by atoms with Gasteiger partial charge >= 0.3 is 0 Å². The Bertz CT molecular complexity index is 21.0. The van der Waals surface area contributed by atoms with Crippen molar-refractivity contribution in [3.05, 3.63) is 16.0 Å². The second-order valence-electron chi connectivity index (χ2n) is 0.0894. The van der Waals surface area contributed by atoms with Crippen LogP contribution in [-0.4, -0.2) is 0 Å². The molecule has 0 fully saturated rings. The van der Waals surface area contributed by atoms with Gasteiger partial charge in [0.25, 0.3) is 0 Å². The molecule has 0 aromatic heterocycles. The summed E-state index contributed by atoms with van der Waals surface area (Å²) >= 11 is 0. The smallest absolute Gasteiger partial charge is 0.185 e. The molecule has 0 radical (unpaired) electrons. The van der Waals surface area contributed by atoms with Gasteiger partial charge in [0, 0.05) is 0 Å². The molecule has 5 heavy (non-hydrogen) atoms. The summed E-state index contributed by atoms with van der Waals surface area (Å²) in [6, 6.07) is 0. The molecule has 0 aliphatic rings. The fourth-order valence-corrected chi connectivity index (χ4v) is 0. The minimum absolute atomic E-state index is 1.50. The Morgan fingerprint density at radius 3 is 1.40 bits per heavy atom. The number of rotatable bonds is 0. The summed E-state index contributed by atoms with van der Waals surface area (Å²) in [5.74, 6) is 7.00. The van der Waals surface area contributed by atoms with Gasteiger partial charge in [-0.1, -0.05) is 0 Å². The maximum Gasteiger partial charge on any atom is -0.185 e. The zero-order chi connectivity index (χ0) is 4.71. The second-order valence-corrected chi connectivity index (χ2v) is 0.0894. The van der Waals surface area contributed by atoms with Gasteiger partial charge in [-0.3, -0.25) is 10.8 Å². The van der Waals surface area contributed by atoms with E-state index in [0.717, 1.165) is 0 Å². The molecule has 0 aromatic carbocycles. The van der Waals surface area contributed by atoms with Crippen molar-refractivity contribution in [1.82, 2.24) is 0 Å². The number of hydrogen-bond donors (Lipinski definition) is 2. The Kier molecular flexibility index (Phi) is 539. The number of hydrogen-bond acceptors (Lipinski definition) is 1. The first-order valence-electron chi connectivity index (χ1n) is 0.808. The summed E-state index contributed by atoms with van der Waals surface area (Å²) < 4.78 is 0. The van der Waals surface area contributed by atoms with Crippen molar-refractivity contribution in [1.29, 1.82) is 0 Å². The highest BCUT2D eigenvalue weighted by Crippen LogP contribution is 1.29. The highest BCUT2D eigenvalue weighted by Gasteiger charge is 0.767. The quantitative estimate of drug-likeness (QED) is 0.124. The van der Waals surface area contributed by atoms with Gasteiger partial charge in [0.2, 0.25) is 0 Å². The standard InChI is InChI=1S/N3.H4N2/c1-3-2;1-2/h;1-2H2/q-1;/p+1. The molecular weight excluding hydrogens is 70.0 g/mol. The first-order chi connectivity index (χ1) is 2.41. The zero-order valence-electron chi connectivity index (χ0n) is 2.63. The van der Waals surface area contributed by atoms with Gasteiger partial charge in [-0.25, -0.2) is 0 Å². The second kappa shape index (κ2) is 304. The van der Waals surface area contributed by atoms with Crippen molar-refractivity contribution in [2.45, 2.75) is 0 Å². The van der Waals surface area contributed by atoms with Crippen LogP contribution in [-0.2, 0) is 0 Å². The summed E-state index contributed by atoms with van der Waals surface area (Å²) in [6.07, 6.45) is 0. The minimum Gasteiger partial charge on any atom is -0.373 e. The van der Waals surface area contributed by atoms with Crippen LogP contribution in [0.3, 0.4) is 0 Å². The van der Waals surface area contributed by atoms with Crippen molar-refractivity contribution in [2.24, 2.45) is 5.84 Å². The third kappa shape index (κ3) is 8.24. The highest BCUT2D eigenvalue weighted by atomic mass is 15.0. The maximum absolute atomic E-state index is 6.75. The van der Waals surface area contributed by atoms with Crippen LogP contribution in [0.1, 0.15) is 0 Å². The molecule has 0 heterocycles. The third-order valence-corrected chi connectivity index (χ3v) is 0. The predicted octanol–water partition coefficient (Wildman–Crippen LogP) is -1.03. The Hall–Kier alpha value is -0.770. The molecule has 0 atom stereocenters. The van der Waals surface area contributed by atoms with E-state index in [2.05, 4.69) is 11.7 Å². The van der Waals surface area contributed by atoms with Crippen LogP contribution < -0.4 is 11.7 Å². The average Bonchev–Trinajstić information content (AvgIpc) is 1.46. The van der Waals surface area contributed by atoms with Crippen molar-refractivity contribution in [3.8, 4) is 0 Å². The van der Waals surface area contributed by atoms with Gasteiger partial charge in [0.05, 0.1) is 0 Å². The van der Waals surface area contributed by atoms with Crippen molar-refractivity contribution in [3.63, 3.8) is 0 Å². The van der Waals surface area contributed by atoms with Crippen LogP contribution in [0.4, 0.5) is 0 Å². The van der Waals surface area contributed by atoms with Crippen LogP contribution in [0.25, 0.3) is 16.0 Å². The lowest BCUT2D eigenvalue weighted by atomic mass is 13.0. The van der Waals surface area contributed by atoms with Gasteiger partial charge in [-0.15, -0.1) is 0 Å². The first kappa shape index (κ1) is 8.87. The molecule has 0 unspecified atom stereocenters. The number of nitrogens with two attached hydrogens (primary N) is 1. The SMILES string of the molecule is N[NH3+].[N-]=[N+]=[N-]. The number of nitrogens with zero attached hydrogens (tertiary/aromatic N) is 3. The van der Waals surface area contributed by atoms with E-state index in [9.17, 15) is 0 Å². The summed E-state index contributed by atoms with van der Waals surface area (Å²) in [7, 11) is 0. The van der Waals surface area contributed by atoms with Crippen LogP contribution in [0.2, 0.25) is 0 Å². The van der Waals surface area contributed by atoms with E-state index in [1.807, 2.05) is 0 Å². The molecule has 0 saturated carbocycles. The summed E-state index contributed by atoms with van der Waals surface area (Å²) in [4.78, 5) is 1.50. The van der Waals surface area contributed by atoms with E-state index in [1.165, 1.54) is 4.91 Å². The molecule has 0 amide bonds. The minimum atomic E-state index is 1.50. The van der Waals surface area contributed by atoms with E-state index in [0.29, 0.717) is 0 Å². The Morgan fingerprint density at radius 1 is 1.40 bits per heavy atom. The lowest BCUT2D eigenvalue weighted by Crippen LogP contribution is -2.59. The normalized spacial score (nSPS) is 2.80. The average molecular weight is 75.1 g/mol. The first-order valence-corrected chi connectivity index (χ1v) is 0.808. The molecular formula is H5N5. The van der Waals surface area contributed by atoms with Crippen molar-refractivity contribution < 1.29 is 5.84 Å². The van der Waals surface area contributed by atoms with E-state index in [4.69, 9.17) is 11.1 Å². The highest BCUT2D eigenvalue weighted by molar-refractivity contribution is 4.36. The topological polar surface area (TPSA) is 112 Å². The van der Waals surface area contributed by atoms with Crippen molar-refractivity contribution >= 4 is 0 Å². The third-order valence-electron chi connectivity index (χ3n) is 0. The van der Waals surface area contributed by atoms with Crippen LogP contribution in [0.15, 0.2) is 0 Å². The largest absolute Gasteiger partial charge is 0.373 e. The Morgan fingerprint density at radius 2 is 1.40 bits per heavy atom. The molecule has 5 nitrogen and oxygen atoms in total. The molecule has 5 N–H and O–H groups in total. The Balaban J connectivity index is 0. The van der Waals surface area contributed by atoms with Crippen LogP contribution >= 0.6 is 0 Å². The van der Waals surface area contributed by atoms with Gasteiger partial charge < -0.3 is 11.1 Å². The van der Waals surface area contributed by atoms with E-state index in [1.54, 1.807) is 0 Å². The molecule has 0 spiro atoms. The maximum atomic E-state index is 6.75. The Labute approximate surface area is 29.0 Å². The lowest BCUT2D eigenvalue weighted by molar-refractivity contribution is -0.379. The van der Waals surface area contributed by atoms with Crippen LogP contribution in [0.5, 0.6) is 0 Å². The fourth-order valence-electron chi connectivity index (χ4n) is 0. The monoisotopic (exact) mass is 75.1 g/mol. The van der Waals surface area contributed by atoms with Gasteiger partial charge in [0.1, 0.15) is 0 Å². The molecule has 0 aromatic rings. The molecule has 5 heteroatoms. The number of quaternary nitrogens is 1. The lowest BCUT2D eigenvalue weighted by Gasteiger charge is -1.31. The van der Waals surface area contributed by atoms with E-state index >= 15 is 0 Å². The van der Waals surface area contributed by atoms with Gasteiger partial charge in [-0.05, 0) is 0 Å². The molecule has 0 saturated heterocycles. The molecule has 0 bridgehead atoms. The summed E-state index contributed by atoms with van der Waals surface area (Å²) in [5.41, 5.74) is 13.5. The van der Waals surface area contributed by atoms with Crippen LogP contribution in [0, 0.1) is 0 Å². The van der Waals surface area contributed by atoms with Gasteiger partial charge in [-0.2, -0.15) is 5.84 Å². The molecule has 30 valence electrons. The van der Waals surface area contributed by atoms with E-state index in [-0.39, 0.29) is 0 Å². The fraction of sp³-hybridized carbons (Fsp3) is 0. The van der Waals surface area contributed by atoms with Crippen molar-refractivity contribution in [2.75, 3.05) is 0 Å². The zero-order valence-corrected chi connectivity index (χ0v) is 2.63. The molecule has 0 aliphatic heterocycles. The van der Waals surface area contributed by atoms with Gasteiger partial charge in [0.15, 0.2) is 0 Å². The summed E-state index contributed by atoms with van der Waals surface area (Å²) in [5, 5.41) is 0. The predicted molar refractivity (Wildman–Crippen MR) is 17.2 cm³/mol. The molecule has 0 aliphatic carbocycles. The van der Waals surface area contributed by atoms with E-state index < -0.39 is 0 Å².